The normalized spacial score (nSPS) is 18.9. The molecule has 1 saturated heterocycles. The molecule has 1 aromatic rings. The van der Waals surface area contributed by atoms with Crippen LogP contribution in [-0.4, -0.2) is 43.0 Å². The summed E-state index contributed by atoms with van der Waals surface area (Å²) in [4.78, 5) is 15.1. The number of amides is 1. The Hall–Kier alpha value is -1.27. The van der Waals surface area contributed by atoms with Gasteiger partial charge in [-0.3, -0.25) is 9.69 Å². The molecule has 1 aliphatic heterocycles. The number of hydrogen-bond donors (Lipinski definition) is 3. The minimum atomic E-state index is -0.0662. The van der Waals surface area contributed by atoms with Gasteiger partial charge < -0.3 is 16.4 Å². The van der Waals surface area contributed by atoms with Crippen molar-refractivity contribution >= 4 is 27.9 Å². The molecule has 0 saturated carbocycles. The lowest BCUT2D eigenvalue weighted by Gasteiger charge is -2.22. The third kappa shape index (κ3) is 4.11. The number of nitrogen functional groups attached to an aromatic ring is 1. The molecule has 1 amide bonds. The maximum absolute atomic E-state index is 12.0. The molecule has 0 radical (unpaired) electrons. The van der Waals surface area contributed by atoms with Crippen molar-refractivity contribution in [3.05, 3.63) is 10.9 Å². The van der Waals surface area contributed by atoms with Gasteiger partial charge in [-0.25, -0.2) is 0 Å². The molecule has 2 heterocycles. The number of nitrogens with two attached hydrogens (primary N) is 1. The molecular formula is C15H26N4OS. The highest BCUT2D eigenvalue weighted by Gasteiger charge is 2.23. The topological polar surface area (TPSA) is 70.4 Å². The first-order valence-electron chi connectivity index (χ1n) is 7.81. The van der Waals surface area contributed by atoms with E-state index >= 15 is 0 Å². The number of rotatable bonds is 7. The molecule has 118 valence electrons. The second-order valence-corrected chi connectivity index (χ2v) is 6.51. The van der Waals surface area contributed by atoms with Crippen molar-refractivity contribution in [2.75, 3.05) is 37.2 Å². The summed E-state index contributed by atoms with van der Waals surface area (Å²) in [5, 5.41) is 7.30. The van der Waals surface area contributed by atoms with Crippen molar-refractivity contribution in [1.82, 2.24) is 10.2 Å². The van der Waals surface area contributed by atoms with Crippen LogP contribution >= 0.6 is 11.3 Å². The highest BCUT2D eigenvalue weighted by atomic mass is 32.1. The lowest BCUT2D eigenvalue weighted by Crippen LogP contribution is -2.34. The van der Waals surface area contributed by atoms with Crippen LogP contribution < -0.4 is 16.4 Å². The fourth-order valence-corrected chi connectivity index (χ4v) is 3.65. The van der Waals surface area contributed by atoms with E-state index in [0.29, 0.717) is 23.2 Å². The van der Waals surface area contributed by atoms with E-state index in [4.69, 9.17) is 5.73 Å². The molecular weight excluding hydrogens is 284 g/mol. The van der Waals surface area contributed by atoms with Crippen LogP contribution in [0, 0.1) is 0 Å². The lowest BCUT2D eigenvalue weighted by atomic mass is 10.2. The van der Waals surface area contributed by atoms with Gasteiger partial charge in [0.05, 0.1) is 10.7 Å². The molecule has 1 aromatic heterocycles. The molecule has 1 aliphatic rings. The maximum atomic E-state index is 12.0. The fraction of sp³-hybridized carbons (Fsp3) is 0.667. The molecule has 1 fully saturated rings. The molecule has 0 aromatic carbocycles. The van der Waals surface area contributed by atoms with Gasteiger partial charge in [0.25, 0.3) is 5.91 Å². The van der Waals surface area contributed by atoms with Crippen LogP contribution in [0.2, 0.25) is 0 Å². The zero-order valence-corrected chi connectivity index (χ0v) is 13.8. The number of nitrogens with zero attached hydrogens (tertiary/aromatic N) is 1. The van der Waals surface area contributed by atoms with E-state index < -0.39 is 0 Å². The molecule has 5 nitrogen and oxygen atoms in total. The van der Waals surface area contributed by atoms with Crippen LogP contribution in [-0.2, 0) is 0 Å². The van der Waals surface area contributed by atoms with Crippen molar-refractivity contribution < 1.29 is 4.79 Å². The first-order valence-corrected chi connectivity index (χ1v) is 8.62. The van der Waals surface area contributed by atoms with E-state index in [1.54, 1.807) is 0 Å². The van der Waals surface area contributed by atoms with Crippen molar-refractivity contribution in [1.29, 1.82) is 0 Å². The van der Waals surface area contributed by atoms with Crippen LogP contribution in [0.4, 0.5) is 10.7 Å². The predicted octanol–water partition coefficient (Wildman–Crippen LogP) is 2.37. The van der Waals surface area contributed by atoms with Crippen molar-refractivity contribution in [3.8, 4) is 0 Å². The summed E-state index contributed by atoms with van der Waals surface area (Å²) >= 11 is 1.44. The van der Waals surface area contributed by atoms with E-state index in [1.807, 2.05) is 13.0 Å². The van der Waals surface area contributed by atoms with Gasteiger partial charge in [0.1, 0.15) is 4.88 Å². The molecule has 1 atom stereocenters. The van der Waals surface area contributed by atoms with Crippen LogP contribution in [0.25, 0.3) is 0 Å². The standard InChI is InChI=1S/C15H26N4OS/c1-3-7-17-15(20)14-12(16)9-13(21-14)18-10-11-6-5-8-19(11)4-2/h9,11,18H,3-8,10,16H2,1-2H3,(H,17,20). The third-order valence-electron chi connectivity index (χ3n) is 3.92. The smallest absolute Gasteiger partial charge is 0.263 e. The van der Waals surface area contributed by atoms with Crippen LogP contribution in [0.3, 0.4) is 0 Å². The second kappa shape index (κ2) is 7.66. The average molecular weight is 310 g/mol. The highest BCUT2D eigenvalue weighted by Crippen LogP contribution is 2.29. The maximum Gasteiger partial charge on any atom is 0.263 e. The van der Waals surface area contributed by atoms with Gasteiger partial charge in [0.15, 0.2) is 0 Å². The molecule has 0 aliphatic carbocycles. The summed E-state index contributed by atoms with van der Waals surface area (Å²) in [6.07, 6.45) is 3.44. The van der Waals surface area contributed by atoms with Crippen LogP contribution in [0.1, 0.15) is 42.8 Å². The number of thiophene rings is 1. The van der Waals surface area contributed by atoms with Crippen molar-refractivity contribution in [2.45, 2.75) is 39.2 Å². The zero-order chi connectivity index (χ0) is 15.2. The Kier molecular flexibility index (Phi) is 5.87. The van der Waals surface area contributed by atoms with E-state index in [-0.39, 0.29) is 5.91 Å². The van der Waals surface area contributed by atoms with E-state index in [0.717, 1.165) is 24.5 Å². The Morgan fingerprint density at radius 2 is 2.33 bits per heavy atom. The summed E-state index contributed by atoms with van der Waals surface area (Å²) in [6, 6.07) is 2.47. The van der Waals surface area contributed by atoms with Gasteiger partial charge >= 0.3 is 0 Å². The number of carbonyl (C=O) groups excluding carboxylic acids is 1. The van der Waals surface area contributed by atoms with Crippen molar-refractivity contribution in [2.24, 2.45) is 0 Å². The summed E-state index contributed by atoms with van der Waals surface area (Å²) in [5.74, 6) is -0.0662. The Morgan fingerprint density at radius 1 is 1.52 bits per heavy atom. The number of anilines is 2. The minimum Gasteiger partial charge on any atom is -0.397 e. The minimum absolute atomic E-state index is 0.0662. The number of likely N-dealkylation sites (N-methyl/N-ethyl adjacent to an activating group) is 1. The van der Waals surface area contributed by atoms with Crippen LogP contribution in [0.5, 0.6) is 0 Å². The third-order valence-corrected chi connectivity index (χ3v) is 5.03. The lowest BCUT2D eigenvalue weighted by molar-refractivity contribution is 0.0958. The number of hydrogen-bond acceptors (Lipinski definition) is 5. The summed E-state index contributed by atoms with van der Waals surface area (Å²) < 4.78 is 0. The summed E-state index contributed by atoms with van der Waals surface area (Å²) in [7, 11) is 0. The Balaban J connectivity index is 1.91. The summed E-state index contributed by atoms with van der Waals surface area (Å²) in [5.41, 5.74) is 6.52. The fourth-order valence-electron chi connectivity index (χ4n) is 2.75. The molecule has 0 bridgehead atoms. The summed E-state index contributed by atoms with van der Waals surface area (Å²) in [6.45, 7) is 8.14. The van der Waals surface area contributed by atoms with Gasteiger partial charge in [-0.05, 0) is 38.4 Å². The Labute approximate surface area is 130 Å². The van der Waals surface area contributed by atoms with Crippen LogP contribution in [0.15, 0.2) is 6.07 Å². The molecule has 0 spiro atoms. The molecule has 4 N–H and O–H groups in total. The molecule has 1 unspecified atom stereocenters. The van der Waals surface area contributed by atoms with E-state index in [1.165, 1.54) is 30.7 Å². The van der Waals surface area contributed by atoms with Gasteiger partial charge in [-0.1, -0.05) is 13.8 Å². The first kappa shape index (κ1) is 16.1. The van der Waals surface area contributed by atoms with Gasteiger partial charge in [-0.15, -0.1) is 11.3 Å². The van der Waals surface area contributed by atoms with Gasteiger partial charge in [-0.2, -0.15) is 0 Å². The number of nitrogens with one attached hydrogen (secondary N) is 2. The van der Waals surface area contributed by atoms with E-state index in [9.17, 15) is 4.79 Å². The Bertz CT molecular complexity index is 474. The Morgan fingerprint density at radius 3 is 3.05 bits per heavy atom. The van der Waals surface area contributed by atoms with Gasteiger partial charge in [0.2, 0.25) is 0 Å². The first-order chi connectivity index (χ1) is 10.2. The second-order valence-electron chi connectivity index (χ2n) is 5.46. The SMILES string of the molecule is CCCNC(=O)c1sc(NCC2CCCN2CC)cc1N. The average Bonchev–Trinajstić information content (AvgIpc) is 3.08. The molecule has 6 heteroatoms. The highest BCUT2D eigenvalue weighted by molar-refractivity contribution is 7.18. The predicted molar refractivity (Wildman–Crippen MR) is 90.1 cm³/mol. The largest absolute Gasteiger partial charge is 0.397 e. The number of likely N-dealkylation sites (tertiary alicyclic amines) is 1. The quantitative estimate of drug-likeness (QED) is 0.723. The zero-order valence-electron chi connectivity index (χ0n) is 12.9. The van der Waals surface area contributed by atoms with Gasteiger partial charge in [0, 0.05) is 19.1 Å². The molecule has 2 rings (SSSR count). The number of carbonyl (C=O) groups is 1. The van der Waals surface area contributed by atoms with Crippen molar-refractivity contribution in [3.63, 3.8) is 0 Å². The monoisotopic (exact) mass is 310 g/mol. The van der Waals surface area contributed by atoms with E-state index in [2.05, 4.69) is 22.5 Å². The molecule has 21 heavy (non-hydrogen) atoms.